The number of carbonyl (C=O) groups is 1. The fourth-order valence-electron chi connectivity index (χ4n) is 1.89. The van der Waals surface area contributed by atoms with Gasteiger partial charge in [-0.3, -0.25) is 4.79 Å². The molecule has 1 N–H and O–H groups in total. The Kier molecular flexibility index (Phi) is 5.60. The summed E-state index contributed by atoms with van der Waals surface area (Å²) < 4.78 is 10.8. The van der Waals surface area contributed by atoms with Crippen LogP contribution in [0.1, 0.15) is 17.3 Å². The normalized spacial score (nSPS) is 9.86. The van der Waals surface area contributed by atoms with E-state index in [9.17, 15) is 4.79 Å². The van der Waals surface area contributed by atoms with Crippen LogP contribution in [0.15, 0.2) is 61.2 Å². The van der Waals surface area contributed by atoms with E-state index in [1.165, 1.54) is 0 Å². The van der Waals surface area contributed by atoms with Crippen molar-refractivity contribution < 1.29 is 14.3 Å². The second kappa shape index (κ2) is 7.88. The predicted molar refractivity (Wildman–Crippen MR) is 87.7 cm³/mol. The van der Waals surface area contributed by atoms with Crippen molar-refractivity contribution >= 4 is 11.6 Å². The molecule has 2 rings (SSSR count). The van der Waals surface area contributed by atoms with Gasteiger partial charge in [0.05, 0.1) is 6.61 Å². The number of nitrogens with one attached hydrogen (secondary N) is 1. The minimum absolute atomic E-state index is 0.177. The van der Waals surface area contributed by atoms with Crippen LogP contribution in [0.5, 0.6) is 11.5 Å². The van der Waals surface area contributed by atoms with Crippen molar-refractivity contribution in [3.8, 4) is 11.5 Å². The number of carbonyl (C=O) groups excluding carboxylic acids is 1. The standard InChI is InChI=1S/C18H19NO3/c1-3-12-22-16-10-8-14(9-11-16)18(20)19-15-6-5-7-17(13-15)21-4-2/h3,5-11,13H,1,4,12H2,2H3,(H,19,20). The van der Waals surface area contributed by atoms with Crippen LogP contribution in [0.4, 0.5) is 5.69 Å². The van der Waals surface area contributed by atoms with Crippen molar-refractivity contribution in [3.05, 3.63) is 66.7 Å². The van der Waals surface area contributed by atoms with Crippen LogP contribution >= 0.6 is 0 Å². The molecule has 114 valence electrons. The summed E-state index contributed by atoms with van der Waals surface area (Å²) in [6, 6.07) is 14.3. The van der Waals surface area contributed by atoms with E-state index in [2.05, 4.69) is 11.9 Å². The molecule has 0 heterocycles. The summed E-state index contributed by atoms with van der Waals surface area (Å²) >= 11 is 0. The van der Waals surface area contributed by atoms with Crippen molar-refractivity contribution in [1.82, 2.24) is 0 Å². The first kappa shape index (κ1) is 15.6. The van der Waals surface area contributed by atoms with Gasteiger partial charge in [0.2, 0.25) is 0 Å². The average Bonchev–Trinajstić information content (AvgIpc) is 2.54. The van der Waals surface area contributed by atoms with Crippen molar-refractivity contribution in [1.29, 1.82) is 0 Å². The summed E-state index contributed by atoms with van der Waals surface area (Å²) in [5.74, 6) is 1.26. The number of amides is 1. The number of hydrogen-bond donors (Lipinski definition) is 1. The van der Waals surface area contributed by atoms with Gasteiger partial charge in [-0.25, -0.2) is 0 Å². The third-order valence-electron chi connectivity index (χ3n) is 2.89. The summed E-state index contributed by atoms with van der Waals surface area (Å²) in [4.78, 5) is 12.2. The quantitative estimate of drug-likeness (QED) is 0.788. The Morgan fingerprint density at radius 2 is 1.91 bits per heavy atom. The van der Waals surface area contributed by atoms with Gasteiger partial charge in [0.15, 0.2) is 0 Å². The van der Waals surface area contributed by atoms with Crippen molar-refractivity contribution in [2.45, 2.75) is 6.92 Å². The van der Waals surface area contributed by atoms with Crippen LogP contribution < -0.4 is 14.8 Å². The average molecular weight is 297 g/mol. The number of hydrogen-bond acceptors (Lipinski definition) is 3. The van der Waals surface area contributed by atoms with Gasteiger partial charge in [-0.2, -0.15) is 0 Å². The van der Waals surface area contributed by atoms with Crippen LogP contribution in [0.2, 0.25) is 0 Å². The lowest BCUT2D eigenvalue weighted by Gasteiger charge is -2.08. The highest BCUT2D eigenvalue weighted by Crippen LogP contribution is 2.19. The van der Waals surface area contributed by atoms with Gasteiger partial charge in [-0.05, 0) is 43.3 Å². The highest BCUT2D eigenvalue weighted by Gasteiger charge is 2.07. The molecular weight excluding hydrogens is 278 g/mol. The molecule has 22 heavy (non-hydrogen) atoms. The molecule has 0 aliphatic heterocycles. The predicted octanol–water partition coefficient (Wildman–Crippen LogP) is 3.90. The Morgan fingerprint density at radius 3 is 2.59 bits per heavy atom. The highest BCUT2D eigenvalue weighted by atomic mass is 16.5. The Labute approximate surface area is 130 Å². The van der Waals surface area contributed by atoms with E-state index in [1.54, 1.807) is 36.4 Å². The number of ether oxygens (including phenoxy) is 2. The maximum atomic E-state index is 12.2. The first-order valence-corrected chi connectivity index (χ1v) is 7.11. The molecule has 0 spiro atoms. The summed E-state index contributed by atoms with van der Waals surface area (Å²) in [5.41, 5.74) is 1.26. The van der Waals surface area contributed by atoms with E-state index in [1.807, 2.05) is 25.1 Å². The number of anilines is 1. The maximum Gasteiger partial charge on any atom is 0.255 e. The monoisotopic (exact) mass is 297 g/mol. The molecule has 0 unspecified atom stereocenters. The third-order valence-corrected chi connectivity index (χ3v) is 2.89. The van der Waals surface area contributed by atoms with Gasteiger partial charge in [-0.15, -0.1) is 0 Å². The summed E-state index contributed by atoms with van der Waals surface area (Å²) in [7, 11) is 0. The zero-order valence-corrected chi connectivity index (χ0v) is 12.5. The Morgan fingerprint density at radius 1 is 1.14 bits per heavy atom. The van der Waals surface area contributed by atoms with Crippen LogP contribution in [-0.4, -0.2) is 19.1 Å². The first-order chi connectivity index (χ1) is 10.7. The van der Waals surface area contributed by atoms with Gasteiger partial charge in [0, 0.05) is 17.3 Å². The van der Waals surface area contributed by atoms with E-state index in [0.717, 1.165) is 5.75 Å². The zero-order chi connectivity index (χ0) is 15.8. The van der Waals surface area contributed by atoms with E-state index < -0.39 is 0 Å². The molecule has 0 aliphatic rings. The molecule has 4 heteroatoms. The van der Waals surface area contributed by atoms with E-state index >= 15 is 0 Å². The molecule has 0 saturated carbocycles. The lowest BCUT2D eigenvalue weighted by molar-refractivity contribution is 0.102. The van der Waals surface area contributed by atoms with Crippen molar-refractivity contribution in [3.63, 3.8) is 0 Å². The third kappa shape index (κ3) is 4.38. The molecule has 1 amide bonds. The van der Waals surface area contributed by atoms with Gasteiger partial charge < -0.3 is 14.8 Å². The Balaban J connectivity index is 2.02. The Bertz CT molecular complexity index is 635. The molecule has 0 aliphatic carbocycles. The van der Waals surface area contributed by atoms with E-state index in [-0.39, 0.29) is 5.91 Å². The summed E-state index contributed by atoms with van der Waals surface area (Å²) in [6.07, 6.45) is 1.67. The lowest BCUT2D eigenvalue weighted by atomic mass is 10.2. The molecule has 0 saturated heterocycles. The smallest absolute Gasteiger partial charge is 0.255 e. The fraction of sp³-hybridized carbons (Fsp3) is 0.167. The highest BCUT2D eigenvalue weighted by molar-refractivity contribution is 6.04. The summed E-state index contributed by atoms with van der Waals surface area (Å²) in [6.45, 7) is 6.53. The van der Waals surface area contributed by atoms with E-state index in [0.29, 0.717) is 30.2 Å². The molecule has 0 fully saturated rings. The van der Waals surface area contributed by atoms with Crippen molar-refractivity contribution in [2.24, 2.45) is 0 Å². The van der Waals surface area contributed by atoms with Crippen LogP contribution in [0.3, 0.4) is 0 Å². The molecule has 0 atom stereocenters. The van der Waals surface area contributed by atoms with Gasteiger partial charge >= 0.3 is 0 Å². The molecule has 0 aromatic heterocycles. The van der Waals surface area contributed by atoms with Crippen LogP contribution in [0, 0.1) is 0 Å². The van der Waals surface area contributed by atoms with Gasteiger partial charge in [-0.1, -0.05) is 18.7 Å². The lowest BCUT2D eigenvalue weighted by Crippen LogP contribution is -2.11. The minimum atomic E-state index is -0.177. The zero-order valence-electron chi connectivity index (χ0n) is 12.5. The molecule has 0 bridgehead atoms. The van der Waals surface area contributed by atoms with Crippen LogP contribution in [-0.2, 0) is 0 Å². The van der Waals surface area contributed by atoms with Gasteiger partial charge in [0.1, 0.15) is 18.1 Å². The first-order valence-electron chi connectivity index (χ1n) is 7.11. The second-order valence-electron chi connectivity index (χ2n) is 4.54. The molecular formula is C18H19NO3. The largest absolute Gasteiger partial charge is 0.494 e. The molecule has 2 aromatic rings. The number of benzene rings is 2. The molecule has 4 nitrogen and oxygen atoms in total. The fourth-order valence-corrected chi connectivity index (χ4v) is 1.89. The van der Waals surface area contributed by atoms with E-state index in [4.69, 9.17) is 9.47 Å². The summed E-state index contributed by atoms with van der Waals surface area (Å²) in [5, 5.41) is 2.84. The van der Waals surface area contributed by atoms with Crippen molar-refractivity contribution in [2.75, 3.05) is 18.5 Å². The topological polar surface area (TPSA) is 47.6 Å². The van der Waals surface area contributed by atoms with Crippen LogP contribution in [0.25, 0.3) is 0 Å². The van der Waals surface area contributed by atoms with Gasteiger partial charge in [0.25, 0.3) is 5.91 Å². The minimum Gasteiger partial charge on any atom is -0.494 e. The second-order valence-corrected chi connectivity index (χ2v) is 4.54. The SMILES string of the molecule is C=CCOc1ccc(C(=O)Nc2cccc(OCC)c2)cc1. The number of rotatable bonds is 7. The molecule has 2 aromatic carbocycles. The Hall–Kier alpha value is -2.75. The molecule has 0 radical (unpaired) electrons. The maximum absolute atomic E-state index is 12.2.